The second-order valence-corrected chi connectivity index (χ2v) is 5.64. The van der Waals surface area contributed by atoms with Crippen LogP contribution in [0, 0.1) is 23.7 Å². The molecule has 7 heteroatoms. The first kappa shape index (κ1) is 13.7. The third-order valence-corrected chi connectivity index (χ3v) is 4.55. The fourth-order valence-corrected chi connectivity index (χ4v) is 3.69. The van der Waals surface area contributed by atoms with Crippen LogP contribution >= 0.6 is 0 Å². The molecule has 21 heavy (non-hydrogen) atoms. The lowest BCUT2D eigenvalue weighted by atomic mass is 9.79. The molecule has 0 radical (unpaired) electrons. The van der Waals surface area contributed by atoms with Gasteiger partial charge in [0.25, 0.3) is 0 Å². The highest BCUT2D eigenvalue weighted by molar-refractivity contribution is 5.94. The maximum Gasteiger partial charge on any atom is 0.307 e. The van der Waals surface area contributed by atoms with Crippen molar-refractivity contribution in [3.05, 3.63) is 24.2 Å². The molecule has 2 amide bonds. The number of aliphatic carboxylic acids is 1. The number of carboxylic acids is 1. The number of rotatable bonds is 3. The predicted octanol–water partition coefficient (Wildman–Crippen LogP) is 0.788. The molecule has 4 atom stereocenters. The summed E-state index contributed by atoms with van der Waals surface area (Å²) < 4.78 is 4.90. The highest BCUT2D eigenvalue weighted by Gasteiger charge is 2.54. The van der Waals surface area contributed by atoms with E-state index in [4.69, 9.17) is 4.42 Å². The number of carboxylic acid groups (broad SMARTS) is 1. The Kier molecular flexibility index (Phi) is 3.40. The van der Waals surface area contributed by atoms with Gasteiger partial charge >= 0.3 is 11.9 Å². The molecule has 2 aliphatic rings. The second kappa shape index (κ2) is 5.23. The van der Waals surface area contributed by atoms with Gasteiger partial charge in [-0.2, -0.15) is 0 Å². The van der Waals surface area contributed by atoms with Crippen LogP contribution in [0.4, 0.5) is 0 Å². The van der Waals surface area contributed by atoms with Crippen molar-refractivity contribution >= 4 is 17.8 Å². The van der Waals surface area contributed by atoms with Gasteiger partial charge < -0.3 is 9.52 Å². The molecule has 1 heterocycles. The molecule has 3 N–H and O–H groups in total. The quantitative estimate of drug-likeness (QED) is 0.714. The van der Waals surface area contributed by atoms with E-state index < -0.39 is 29.6 Å². The molecule has 0 aromatic carbocycles. The van der Waals surface area contributed by atoms with Gasteiger partial charge in [-0.1, -0.05) is 0 Å². The minimum Gasteiger partial charge on any atom is -0.481 e. The Labute approximate surface area is 120 Å². The van der Waals surface area contributed by atoms with Crippen LogP contribution in [0.5, 0.6) is 0 Å². The summed E-state index contributed by atoms with van der Waals surface area (Å²) in [4.78, 5) is 35.2. The highest BCUT2D eigenvalue weighted by atomic mass is 16.4. The smallest absolute Gasteiger partial charge is 0.307 e. The van der Waals surface area contributed by atoms with Gasteiger partial charge in [-0.3, -0.25) is 25.2 Å². The van der Waals surface area contributed by atoms with Gasteiger partial charge in [0.2, 0.25) is 5.91 Å². The molecule has 1 aromatic heterocycles. The molecule has 0 spiro atoms. The third kappa shape index (κ3) is 2.39. The summed E-state index contributed by atoms with van der Waals surface area (Å²) in [6, 6.07) is 3.03. The maximum atomic E-state index is 12.2. The Morgan fingerprint density at radius 2 is 1.86 bits per heavy atom. The fraction of sp³-hybridized carbons (Fsp3) is 0.500. The molecule has 2 fully saturated rings. The van der Waals surface area contributed by atoms with Crippen LogP contribution in [0.2, 0.25) is 0 Å². The number of furan rings is 1. The predicted molar refractivity (Wildman–Crippen MR) is 69.8 cm³/mol. The van der Waals surface area contributed by atoms with E-state index >= 15 is 0 Å². The van der Waals surface area contributed by atoms with E-state index in [2.05, 4.69) is 10.9 Å². The minimum atomic E-state index is -0.931. The number of hydrogen-bond acceptors (Lipinski definition) is 4. The number of carbonyl (C=O) groups excluding carboxylic acids is 2. The van der Waals surface area contributed by atoms with Crippen LogP contribution in [0.1, 0.15) is 29.8 Å². The van der Waals surface area contributed by atoms with Crippen LogP contribution in [0.15, 0.2) is 22.8 Å². The van der Waals surface area contributed by atoms with Gasteiger partial charge in [0.05, 0.1) is 18.1 Å². The molecule has 2 aliphatic carbocycles. The van der Waals surface area contributed by atoms with Crippen molar-refractivity contribution in [2.75, 3.05) is 0 Å². The summed E-state index contributed by atoms with van der Waals surface area (Å²) in [5, 5.41) is 9.30. The van der Waals surface area contributed by atoms with Gasteiger partial charge in [-0.25, -0.2) is 0 Å². The zero-order valence-corrected chi connectivity index (χ0v) is 11.2. The number of fused-ring (bicyclic) bond motifs is 2. The van der Waals surface area contributed by atoms with E-state index in [0.29, 0.717) is 0 Å². The summed E-state index contributed by atoms with van der Waals surface area (Å²) in [6.07, 6.45) is 3.87. The van der Waals surface area contributed by atoms with Gasteiger partial charge in [-0.05, 0) is 43.2 Å². The molecular formula is C14H16N2O5. The molecule has 2 saturated carbocycles. The number of carbonyl (C=O) groups is 3. The Morgan fingerprint density at radius 1 is 1.14 bits per heavy atom. The maximum absolute atomic E-state index is 12.2. The van der Waals surface area contributed by atoms with Crippen LogP contribution in [0.3, 0.4) is 0 Å². The van der Waals surface area contributed by atoms with Gasteiger partial charge in [0.1, 0.15) is 0 Å². The molecule has 3 rings (SSSR count). The van der Waals surface area contributed by atoms with Crippen molar-refractivity contribution in [1.29, 1.82) is 0 Å². The van der Waals surface area contributed by atoms with Crippen molar-refractivity contribution in [3.63, 3.8) is 0 Å². The van der Waals surface area contributed by atoms with E-state index in [1.807, 2.05) is 0 Å². The van der Waals surface area contributed by atoms with Gasteiger partial charge in [0, 0.05) is 0 Å². The number of hydrogen-bond donors (Lipinski definition) is 3. The summed E-state index contributed by atoms with van der Waals surface area (Å²) in [5.74, 6) is -2.90. The third-order valence-electron chi connectivity index (χ3n) is 4.55. The average Bonchev–Trinajstić information content (AvgIpc) is 3.17. The largest absolute Gasteiger partial charge is 0.481 e. The highest BCUT2D eigenvalue weighted by Crippen LogP contribution is 2.52. The lowest BCUT2D eigenvalue weighted by Gasteiger charge is -2.26. The van der Waals surface area contributed by atoms with E-state index in [0.717, 1.165) is 19.3 Å². The first-order valence-corrected chi connectivity index (χ1v) is 6.94. The molecule has 2 bridgehead atoms. The second-order valence-electron chi connectivity index (χ2n) is 5.64. The van der Waals surface area contributed by atoms with Crippen molar-refractivity contribution in [2.24, 2.45) is 23.7 Å². The van der Waals surface area contributed by atoms with E-state index in [1.54, 1.807) is 6.07 Å². The SMILES string of the molecule is O=C(NNC(=O)[C@H]1[C@H]2CC[C@@H](C2)[C@H]1C(=O)O)c1ccco1. The number of hydrazine groups is 1. The van der Waals surface area contributed by atoms with Crippen molar-refractivity contribution < 1.29 is 23.9 Å². The summed E-state index contributed by atoms with van der Waals surface area (Å²) >= 11 is 0. The topological polar surface area (TPSA) is 109 Å². The lowest BCUT2D eigenvalue weighted by Crippen LogP contribution is -2.48. The van der Waals surface area contributed by atoms with Crippen LogP contribution < -0.4 is 10.9 Å². The van der Waals surface area contributed by atoms with Crippen LogP contribution in [-0.2, 0) is 9.59 Å². The molecule has 0 aliphatic heterocycles. The molecule has 1 aromatic rings. The zero-order valence-electron chi connectivity index (χ0n) is 11.2. The van der Waals surface area contributed by atoms with E-state index in [1.165, 1.54) is 12.3 Å². The number of amides is 2. The average molecular weight is 292 g/mol. The molecule has 0 unspecified atom stereocenters. The van der Waals surface area contributed by atoms with Crippen molar-refractivity contribution in [2.45, 2.75) is 19.3 Å². The van der Waals surface area contributed by atoms with E-state index in [-0.39, 0.29) is 17.6 Å². The zero-order chi connectivity index (χ0) is 15.0. The lowest BCUT2D eigenvalue weighted by molar-refractivity contribution is -0.149. The Balaban J connectivity index is 1.62. The van der Waals surface area contributed by atoms with Gasteiger partial charge in [0.15, 0.2) is 5.76 Å². The number of nitrogens with one attached hydrogen (secondary N) is 2. The minimum absolute atomic E-state index is 0.0732. The van der Waals surface area contributed by atoms with Gasteiger partial charge in [-0.15, -0.1) is 0 Å². The van der Waals surface area contributed by atoms with Crippen LogP contribution in [0.25, 0.3) is 0 Å². The summed E-state index contributed by atoms with van der Waals surface area (Å²) in [7, 11) is 0. The van der Waals surface area contributed by atoms with Crippen LogP contribution in [-0.4, -0.2) is 22.9 Å². The summed E-state index contributed by atoms with van der Waals surface area (Å²) in [5.41, 5.74) is 4.58. The molecule has 0 saturated heterocycles. The van der Waals surface area contributed by atoms with E-state index in [9.17, 15) is 19.5 Å². The fourth-order valence-electron chi connectivity index (χ4n) is 3.69. The van der Waals surface area contributed by atoms with Crippen molar-refractivity contribution in [1.82, 2.24) is 10.9 Å². The first-order valence-electron chi connectivity index (χ1n) is 6.94. The summed E-state index contributed by atoms with van der Waals surface area (Å²) in [6.45, 7) is 0. The Bertz CT molecular complexity index is 568. The molecule has 7 nitrogen and oxygen atoms in total. The Morgan fingerprint density at radius 3 is 2.48 bits per heavy atom. The molecular weight excluding hydrogens is 276 g/mol. The monoisotopic (exact) mass is 292 g/mol. The Hall–Kier alpha value is -2.31. The molecule has 112 valence electrons. The van der Waals surface area contributed by atoms with Crippen molar-refractivity contribution in [3.8, 4) is 0 Å². The normalized spacial score (nSPS) is 30.1. The standard InChI is InChI=1S/C14H16N2O5/c17-12(9-2-1-5-21-9)15-16-13(18)10-7-3-4-8(6-7)11(10)14(19)20/h1-2,5,7-8,10-11H,3-4,6H2,(H,15,17)(H,16,18)(H,19,20)/t7-,8-,10-,11+/m0/s1. The first-order chi connectivity index (χ1) is 10.1.